The van der Waals surface area contributed by atoms with E-state index in [1.54, 1.807) is 30.5 Å². The van der Waals surface area contributed by atoms with Crippen LogP contribution >= 0.6 is 0 Å². The number of ether oxygens (including phenoxy) is 1. The topological polar surface area (TPSA) is 79.4 Å². The Morgan fingerprint density at radius 1 is 1.21 bits per heavy atom. The lowest BCUT2D eigenvalue weighted by atomic mass is 10.1. The first-order valence-corrected chi connectivity index (χ1v) is 9.39. The van der Waals surface area contributed by atoms with Gasteiger partial charge in [0.15, 0.2) is 0 Å². The first-order valence-electron chi connectivity index (χ1n) is 9.39. The summed E-state index contributed by atoms with van der Waals surface area (Å²) in [4.78, 5) is 22.8. The molecular weight excluding hydrogens is 361 g/mol. The van der Waals surface area contributed by atoms with Crippen LogP contribution in [0.2, 0.25) is 0 Å². The van der Waals surface area contributed by atoms with Gasteiger partial charge in [-0.3, -0.25) is 0 Å². The van der Waals surface area contributed by atoms with Gasteiger partial charge in [0.25, 0.3) is 0 Å². The van der Waals surface area contributed by atoms with Crippen molar-refractivity contribution in [1.82, 2.24) is 15.3 Å². The van der Waals surface area contributed by atoms with E-state index in [1.807, 2.05) is 20.8 Å². The number of amides is 1. The molecule has 0 radical (unpaired) electrons. The minimum Gasteiger partial charge on any atom is -0.444 e. The molecule has 1 amide bonds. The second kappa shape index (κ2) is 8.41. The number of halogens is 1. The number of hydrogen-bond donors (Lipinski definition) is 2. The van der Waals surface area contributed by atoms with Crippen molar-refractivity contribution in [1.29, 1.82) is 0 Å². The van der Waals surface area contributed by atoms with Crippen LogP contribution in [0.4, 0.5) is 26.6 Å². The van der Waals surface area contributed by atoms with Gasteiger partial charge in [-0.15, -0.1) is 0 Å². The molecule has 7 nitrogen and oxygen atoms in total. The zero-order valence-corrected chi connectivity index (χ0v) is 16.4. The Kier molecular flexibility index (Phi) is 5.96. The zero-order chi connectivity index (χ0) is 20.1. The number of alkyl carbamates (subject to hydrolysis) is 1. The van der Waals surface area contributed by atoms with Crippen LogP contribution in [0, 0.1) is 5.82 Å². The van der Waals surface area contributed by atoms with Crippen molar-refractivity contribution in [2.75, 3.05) is 23.3 Å². The molecule has 1 aliphatic rings. The molecule has 2 N–H and O–H groups in total. The normalized spacial score (nSPS) is 15.2. The van der Waals surface area contributed by atoms with Crippen LogP contribution in [0.1, 0.15) is 33.6 Å². The molecule has 1 saturated heterocycles. The van der Waals surface area contributed by atoms with E-state index >= 15 is 0 Å². The van der Waals surface area contributed by atoms with Crippen molar-refractivity contribution < 1.29 is 13.9 Å². The molecule has 2 heterocycles. The lowest BCUT2D eigenvalue weighted by Crippen LogP contribution is -2.46. The maximum Gasteiger partial charge on any atom is 0.407 e. The van der Waals surface area contributed by atoms with Crippen LogP contribution in [0.25, 0.3) is 0 Å². The largest absolute Gasteiger partial charge is 0.444 e. The van der Waals surface area contributed by atoms with E-state index in [0.29, 0.717) is 30.5 Å². The summed E-state index contributed by atoms with van der Waals surface area (Å²) in [5.41, 5.74) is -0.142. The Morgan fingerprint density at radius 3 is 2.61 bits per heavy atom. The van der Waals surface area contributed by atoms with E-state index in [4.69, 9.17) is 4.74 Å². The third-order valence-electron chi connectivity index (χ3n) is 4.28. The number of nitrogens with one attached hydrogen (secondary N) is 2. The fourth-order valence-electron chi connectivity index (χ4n) is 2.97. The summed E-state index contributed by atoms with van der Waals surface area (Å²) in [6.07, 6.45) is 2.80. The summed E-state index contributed by atoms with van der Waals surface area (Å²) >= 11 is 0. The molecule has 8 heteroatoms. The zero-order valence-electron chi connectivity index (χ0n) is 16.4. The van der Waals surface area contributed by atoms with Gasteiger partial charge >= 0.3 is 6.09 Å². The van der Waals surface area contributed by atoms with Crippen molar-refractivity contribution in [3.05, 3.63) is 42.3 Å². The molecule has 2 aromatic rings. The molecule has 1 aromatic carbocycles. The third-order valence-corrected chi connectivity index (χ3v) is 4.28. The van der Waals surface area contributed by atoms with Crippen molar-refractivity contribution in [2.45, 2.75) is 45.3 Å². The number of carbonyl (C=O) groups excluding carboxylic acids is 1. The average molecular weight is 387 g/mol. The number of aromatic nitrogens is 2. The summed E-state index contributed by atoms with van der Waals surface area (Å²) in [7, 11) is 0. The molecule has 0 saturated carbocycles. The highest BCUT2D eigenvalue weighted by Gasteiger charge is 2.24. The monoisotopic (exact) mass is 387 g/mol. The quantitative estimate of drug-likeness (QED) is 0.830. The molecule has 0 spiro atoms. The van der Waals surface area contributed by atoms with E-state index < -0.39 is 11.7 Å². The van der Waals surface area contributed by atoms with Gasteiger partial charge in [-0.05, 0) is 51.8 Å². The molecule has 150 valence electrons. The molecule has 0 unspecified atom stereocenters. The molecule has 0 atom stereocenters. The van der Waals surface area contributed by atoms with Crippen LogP contribution in [-0.4, -0.2) is 40.8 Å². The second-order valence-electron chi connectivity index (χ2n) is 7.75. The molecule has 1 aliphatic heterocycles. The Bertz CT molecular complexity index is 816. The molecule has 1 aromatic heterocycles. The van der Waals surface area contributed by atoms with Crippen molar-refractivity contribution in [2.24, 2.45) is 0 Å². The second-order valence-corrected chi connectivity index (χ2v) is 7.75. The molecule has 0 bridgehead atoms. The van der Waals surface area contributed by atoms with Crippen LogP contribution in [0.3, 0.4) is 0 Å². The third kappa shape index (κ3) is 5.55. The van der Waals surface area contributed by atoms with E-state index in [-0.39, 0.29) is 11.9 Å². The maximum atomic E-state index is 13.8. The van der Waals surface area contributed by atoms with Crippen LogP contribution in [0.15, 0.2) is 36.5 Å². The van der Waals surface area contributed by atoms with E-state index in [9.17, 15) is 9.18 Å². The molecule has 1 fully saturated rings. The number of nitrogens with zero attached hydrogens (tertiary/aromatic N) is 3. The number of piperidine rings is 1. The van der Waals surface area contributed by atoms with Crippen LogP contribution in [-0.2, 0) is 4.74 Å². The van der Waals surface area contributed by atoms with Gasteiger partial charge in [0.1, 0.15) is 17.2 Å². The fourth-order valence-corrected chi connectivity index (χ4v) is 2.97. The number of hydrogen-bond acceptors (Lipinski definition) is 6. The highest BCUT2D eigenvalue weighted by molar-refractivity contribution is 5.68. The standard InChI is InChI=1S/C20H26FN5O2/c1-20(2,3)28-19(27)23-14-9-12-26(13-10-14)18-22-11-8-17(25-18)24-16-7-5-4-6-15(16)21/h4-8,11,14H,9-10,12-13H2,1-3H3,(H,23,27)(H,22,24,25). The van der Waals surface area contributed by atoms with Gasteiger partial charge in [0, 0.05) is 25.3 Å². The molecule has 3 rings (SSSR count). The summed E-state index contributed by atoms with van der Waals surface area (Å²) < 4.78 is 19.1. The van der Waals surface area contributed by atoms with Crippen molar-refractivity contribution in [3.63, 3.8) is 0 Å². The SMILES string of the molecule is CC(C)(C)OC(=O)NC1CCN(c2nccc(Nc3ccccc3F)n2)CC1. The lowest BCUT2D eigenvalue weighted by molar-refractivity contribution is 0.0497. The predicted octanol–water partition coefficient (Wildman–Crippen LogP) is 3.85. The molecular formula is C20H26FN5O2. The smallest absolute Gasteiger partial charge is 0.407 e. The van der Waals surface area contributed by atoms with Crippen molar-refractivity contribution in [3.8, 4) is 0 Å². The Balaban J connectivity index is 1.56. The van der Waals surface area contributed by atoms with Crippen LogP contribution < -0.4 is 15.5 Å². The highest BCUT2D eigenvalue weighted by Crippen LogP contribution is 2.21. The number of para-hydroxylation sites is 1. The van der Waals surface area contributed by atoms with Gasteiger partial charge in [-0.25, -0.2) is 14.2 Å². The summed E-state index contributed by atoms with van der Waals surface area (Å²) in [6.45, 7) is 6.95. The van der Waals surface area contributed by atoms with Crippen LogP contribution in [0.5, 0.6) is 0 Å². The van der Waals surface area contributed by atoms with E-state index in [1.165, 1.54) is 6.07 Å². The van der Waals surface area contributed by atoms with E-state index in [2.05, 4.69) is 25.5 Å². The first kappa shape index (κ1) is 19.9. The number of carbonyl (C=O) groups is 1. The van der Waals surface area contributed by atoms with Gasteiger partial charge in [-0.1, -0.05) is 12.1 Å². The first-order chi connectivity index (χ1) is 13.3. The van der Waals surface area contributed by atoms with E-state index in [0.717, 1.165) is 12.8 Å². The minimum atomic E-state index is -0.510. The lowest BCUT2D eigenvalue weighted by Gasteiger charge is -2.32. The maximum absolute atomic E-state index is 13.8. The Hall–Kier alpha value is -2.90. The number of rotatable bonds is 4. The molecule has 28 heavy (non-hydrogen) atoms. The summed E-state index contributed by atoms with van der Waals surface area (Å²) in [6, 6.07) is 8.22. The highest BCUT2D eigenvalue weighted by atomic mass is 19.1. The van der Waals surface area contributed by atoms with Gasteiger partial charge in [0.05, 0.1) is 5.69 Å². The van der Waals surface area contributed by atoms with Gasteiger partial charge < -0.3 is 20.3 Å². The van der Waals surface area contributed by atoms with Gasteiger partial charge in [0.2, 0.25) is 5.95 Å². The fraction of sp³-hybridized carbons (Fsp3) is 0.450. The Morgan fingerprint density at radius 2 is 1.93 bits per heavy atom. The number of anilines is 3. The Labute approximate surface area is 164 Å². The predicted molar refractivity (Wildman–Crippen MR) is 106 cm³/mol. The van der Waals surface area contributed by atoms with Crippen molar-refractivity contribution >= 4 is 23.5 Å². The van der Waals surface area contributed by atoms with Gasteiger partial charge in [-0.2, -0.15) is 4.98 Å². The minimum absolute atomic E-state index is 0.0609. The summed E-state index contributed by atoms with van der Waals surface area (Å²) in [5, 5.41) is 5.90. The molecule has 0 aliphatic carbocycles. The number of benzene rings is 1. The average Bonchev–Trinajstić information content (AvgIpc) is 2.63. The summed E-state index contributed by atoms with van der Waals surface area (Å²) in [5.74, 6) is 0.776.